The third-order valence-corrected chi connectivity index (χ3v) is 10.7. The Hall–Kier alpha value is -6.45. The predicted octanol–water partition coefficient (Wildman–Crippen LogP) is 4.08. The molecule has 0 bridgehead atoms. The highest BCUT2D eigenvalue weighted by Crippen LogP contribution is 2.35. The van der Waals surface area contributed by atoms with Gasteiger partial charge in [-0.25, -0.2) is 4.68 Å². The number of methoxy groups -OCH3 is 2. The Kier molecular flexibility index (Phi) is 17.8. The Bertz CT molecular complexity index is 2380. The summed E-state index contributed by atoms with van der Waals surface area (Å²) in [6.07, 6.45) is 0.110. The van der Waals surface area contributed by atoms with Crippen molar-refractivity contribution in [3.8, 4) is 28.7 Å². The number of nitrogens with one attached hydrogen (secondary N) is 2. The number of amides is 5. The largest absolute Gasteiger partial charge is 0.497 e. The number of piperidine rings is 1. The van der Waals surface area contributed by atoms with Crippen molar-refractivity contribution in [1.29, 1.82) is 0 Å². The van der Waals surface area contributed by atoms with Gasteiger partial charge in [-0.1, -0.05) is 38.1 Å². The summed E-state index contributed by atoms with van der Waals surface area (Å²) in [6.45, 7) is 11.7. The van der Waals surface area contributed by atoms with Gasteiger partial charge in [0.05, 0.1) is 103 Å². The van der Waals surface area contributed by atoms with Crippen molar-refractivity contribution in [2.24, 2.45) is 0 Å². The monoisotopic (exact) mass is 930 g/mol. The van der Waals surface area contributed by atoms with Crippen LogP contribution in [-0.4, -0.2) is 149 Å². The van der Waals surface area contributed by atoms with Gasteiger partial charge in [0.1, 0.15) is 47.9 Å². The number of carbonyl (C=O) groups excluding carboxylic acids is 5. The van der Waals surface area contributed by atoms with E-state index in [4.69, 9.17) is 42.6 Å². The van der Waals surface area contributed by atoms with Crippen molar-refractivity contribution in [3.05, 3.63) is 82.7 Å². The Morgan fingerprint density at radius 2 is 1.33 bits per heavy atom. The second-order valence-electron chi connectivity index (χ2n) is 16.3. The number of rotatable bonds is 26. The van der Waals surface area contributed by atoms with Gasteiger partial charge in [0.25, 0.3) is 17.7 Å². The molecule has 3 aromatic carbocycles. The molecule has 1 saturated heterocycles. The van der Waals surface area contributed by atoms with Crippen LogP contribution >= 0.6 is 0 Å². The van der Waals surface area contributed by atoms with Gasteiger partial charge >= 0.3 is 0 Å². The molecule has 0 saturated carbocycles. The molecule has 67 heavy (non-hydrogen) atoms. The van der Waals surface area contributed by atoms with Crippen molar-refractivity contribution < 1.29 is 66.6 Å². The standard InChI is InChI=1S/C47H58N6O14/c1-30-42(50-51-53(30)36-29-32(59-5)11-14-38(36)60-6)44(56)48-34-28-31(47(2,3)4)10-13-37(34)66-26-24-64-22-20-62-18-16-61-17-19-63-21-23-65-25-27-67-39-9-7-8-33-41(39)46(58)52(45(33)57)35-12-15-40(54)49-43(35)55/h7-11,13-14,28-29,35H,12,15-27H2,1-6H3,(H,48,56)(H,49,54,55). The third-order valence-electron chi connectivity index (χ3n) is 10.7. The van der Waals surface area contributed by atoms with E-state index in [1.807, 2.05) is 18.2 Å². The first-order valence-electron chi connectivity index (χ1n) is 21.9. The van der Waals surface area contributed by atoms with Gasteiger partial charge in [-0.2, -0.15) is 0 Å². The number of hydrogen-bond donors (Lipinski definition) is 2. The molecule has 1 fully saturated rings. The summed E-state index contributed by atoms with van der Waals surface area (Å²) in [4.78, 5) is 64.6. The van der Waals surface area contributed by atoms with E-state index in [0.29, 0.717) is 93.8 Å². The molecule has 0 aliphatic carbocycles. The van der Waals surface area contributed by atoms with Gasteiger partial charge in [-0.05, 0) is 60.7 Å². The number of benzene rings is 3. The molecule has 1 unspecified atom stereocenters. The van der Waals surface area contributed by atoms with Gasteiger partial charge in [-0.15, -0.1) is 5.10 Å². The molecule has 20 heteroatoms. The van der Waals surface area contributed by atoms with Gasteiger partial charge in [0, 0.05) is 12.5 Å². The summed E-state index contributed by atoms with van der Waals surface area (Å²) < 4.78 is 52.2. The fourth-order valence-electron chi connectivity index (χ4n) is 7.14. The zero-order valence-electron chi connectivity index (χ0n) is 38.7. The maximum Gasteiger partial charge on any atom is 0.278 e. The molecule has 20 nitrogen and oxygen atoms in total. The minimum Gasteiger partial charge on any atom is -0.497 e. The van der Waals surface area contributed by atoms with Crippen LogP contribution in [0.4, 0.5) is 5.69 Å². The van der Waals surface area contributed by atoms with E-state index in [2.05, 4.69) is 41.7 Å². The van der Waals surface area contributed by atoms with E-state index in [9.17, 15) is 24.0 Å². The van der Waals surface area contributed by atoms with Crippen LogP contribution in [0.1, 0.15) is 76.1 Å². The van der Waals surface area contributed by atoms with E-state index < -0.39 is 35.6 Å². The number of hydrogen-bond acceptors (Lipinski definition) is 16. The van der Waals surface area contributed by atoms with Crippen LogP contribution in [0.25, 0.3) is 5.69 Å². The quantitative estimate of drug-likeness (QED) is 0.0668. The average Bonchev–Trinajstić information content (AvgIpc) is 3.82. The van der Waals surface area contributed by atoms with E-state index in [1.54, 1.807) is 51.5 Å². The van der Waals surface area contributed by atoms with Gasteiger partial charge in [0.15, 0.2) is 5.69 Å². The van der Waals surface area contributed by atoms with Gasteiger partial charge in [0.2, 0.25) is 11.8 Å². The second kappa shape index (κ2) is 23.8. The van der Waals surface area contributed by atoms with E-state index in [-0.39, 0.29) is 60.6 Å². The number of anilines is 1. The molecule has 3 heterocycles. The number of aromatic nitrogens is 3. The lowest BCUT2D eigenvalue weighted by Crippen LogP contribution is -2.54. The van der Waals surface area contributed by atoms with Crippen LogP contribution in [0.2, 0.25) is 0 Å². The summed E-state index contributed by atoms with van der Waals surface area (Å²) in [6, 6.07) is 14.6. The fourth-order valence-corrected chi connectivity index (χ4v) is 7.14. The summed E-state index contributed by atoms with van der Waals surface area (Å²) in [5, 5.41) is 13.6. The molecular formula is C47H58N6O14. The molecule has 1 aromatic heterocycles. The van der Waals surface area contributed by atoms with E-state index in [1.165, 1.54) is 10.7 Å². The highest BCUT2D eigenvalue weighted by Gasteiger charge is 2.46. The number of ether oxygens (including phenoxy) is 9. The molecule has 2 N–H and O–H groups in total. The van der Waals surface area contributed by atoms with Crippen LogP contribution in [0.3, 0.4) is 0 Å². The van der Waals surface area contributed by atoms with Crippen LogP contribution in [-0.2, 0) is 38.7 Å². The summed E-state index contributed by atoms with van der Waals surface area (Å²) >= 11 is 0. The van der Waals surface area contributed by atoms with Crippen LogP contribution in [0.5, 0.6) is 23.0 Å². The lowest BCUT2D eigenvalue weighted by molar-refractivity contribution is -0.136. The summed E-state index contributed by atoms with van der Waals surface area (Å²) in [5.41, 5.74) is 2.77. The number of carbonyl (C=O) groups is 5. The lowest BCUT2D eigenvalue weighted by Gasteiger charge is -2.27. The van der Waals surface area contributed by atoms with Crippen LogP contribution in [0, 0.1) is 6.92 Å². The SMILES string of the molecule is COc1ccc(OC)c(-n2nnc(C(=O)Nc3cc(C(C)(C)C)ccc3OCCOCCOCCOCCOCCOCCOc3cccc4c3C(=O)N(C3CCC(=O)NC3=O)C4=O)c2C)c1. The Morgan fingerprint density at radius 1 is 0.731 bits per heavy atom. The zero-order valence-corrected chi connectivity index (χ0v) is 38.7. The van der Waals surface area contributed by atoms with Crippen LogP contribution < -0.4 is 29.6 Å². The number of fused-ring (bicyclic) bond motifs is 1. The first-order chi connectivity index (χ1) is 32.3. The number of nitrogens with zero attached hydrogens (tertiary/aromatic N) is 4. The first kappa shape index (κ1) is 50.0. The Labute approximate surface area is 388 Å². The van der Waals surface area contributed by atoms with E-state index >= 15 is 0 Å². The van der Waals surface area contributed by atoms with Crippen molar-refractivity contribution in [1.82, 2.24) is 25.2 Å². The molecule has 360 valence electrons. The van der Waals surface area contributed by atoms with Crippen molar-refractivity contribution in [2.45, 2.75) is 52.0 Å². The molecule has 6 rings (SSSR count). The maximum atomic E-state index is 13.6. The fraction of sp³-hybridized carbons (Fsp3) is 0.468. The smallest absolute Gasteiger partial charge is 0.278 e. The average molecular weight is 931 g/mol. The summed E-state index contributed by atoms with van der Waals surface area (Å²) in [5.74, 6) is -0.956. The van der Waals surface area contributed by atoms with Gasteiger partial charge < -0.3 is 47.9 Å². The zero-order chi connectivity index (χ0) is 47.9. The van der Waals surface area contributed by atoms with Gasteiger partial charge in [-0.3, -0.25) is 34.2 Å². The minimum atomic E-state index is -1.05. The second-order valence-corrected chi connectivity index (χ2v) is 16.3. The van der Waals surface area contributed by atoms with E-state index in [0.717, 1.165) is 10.5 Å². The normalized spacial score (nSPS) is 14.8. The molecule has 2 aliphatic heterocycles. The highest BCUT2D eigenvalue weighted by molar-refractivity contribution is 6.24. The predicted molar refractivity (Wildman–Crippen MR) is 240 cm³/mol. The molecule has 0 spiro atoms. The topological polar surface area (TPSA) is 226 Å². The summed E-state index contributed by atoms with van der Waals surface area (Å²) in [7, 11) is 3.12. The first-order valence-corrected chi connectivity index (χ1v) is 21.9. The van der Waals surface area contributed by atoms with Crippen molar-refractivity contribution >= 4 is 35.2 Å². The molecule has 0 radical (unpaired) electrons. The lowest BCUT2D eigenvalue weighted by atomic mass is 9.87. The Balaban J connectivity index is 0.805. The Morgan fingerprint density at radius 3 is 1.91 bits per heavy atom. The maximum absolute atomic E-state index is 13.6. The molecular weight excluding hydrogens is 873 g/mol. The molecule has 2 aliphatic rings. The number of imide groups is 2. The molecule has 5 amide bonds. The minimum absolute atomic E-state index is 0.0388. The molecule has 1 atom stereocenters. The van der Waals surface area contributed by atoms with Crippen LogP contribution in [0.15, 0.2) is 54.6 Å². The highest BCUT2D eigenvalue weighted by atomic mass is 16.6. The molecule has 4 aromatic rings. The third kappa shape index (κ3) is 12.9. The van der Waals surface area contributed by atoms with Crippen molar-refractivity contribution in [2.75, 3.05) is 98.8 Å². The van der Waals surface area contributed by atoms with Crippen molar-refractivity contribution in [3.63, 3.8) is 0 Å².